The molecular weight excluding hydrogens is 478 g/mol. The second-order valence-electron chi connectivity index (χ2n) is 9.26. The standard InChI is InChI=1S/C27H32F2N6O2/c1-21(36)35-12-6-10-32(17-22-7-3-2-4-8-22)13-14-33(18-23-15-24(28)25(29)16-26(23)35)27(37)9-5-11-34-20-30-19-31-34/h2-4,7-8,15-16,19-20H,5-6,9-14,17-18H2,1H3. The molecule has 0 saturated heterocycles. The number of hydrogen-bond donors (Lipinski definition) is 0. The summed E-state index contributed by atoms with van der Waals surface area (Å²) in [7, 11) is 0. The SMILES string of the molecule is CC(=O)N1CCCN(Cc2ccccc2)CCN(C(=O)CCCn2cncn2)Cc2cc(F)c(F)cc21. The van der Waals surface area contributed by atoms with Crippen LogP contribution < -0.4 is 4.90 Å². The fraction of sp³-hybridized carbons (Fsp3) is 0.407. The summed E-state index contributed by atoms with van der Waals surface area (Å²) in [5.74, 6) is -2.37. The maximum Gasteiger partial charge on any atom is 0.223 e. The molecule has 1 aliphatic rings. The van der Waals surface area contributed by atoms with Gasteiger partial charge in [0.15, 0.2) is 11.6 Å². The van der Waals surface area contributed by atoms with Crippen molar-refractivity contribution < 1.29 is 18.4 Å². The van der Waals surface area contributed by atoms with Crippen LogP contribution in [0.3, 0.4) is 0 Å². The monoisotopic (exact) mass is 510 g/mol. The average Bonchev–Trinajstić information content (AvgIpc) is 3.39. The van der Waals surface area contributed by atoms with Crippen molar-refractivity contribution in [2.75, 3.05) is 31.1 Å². The summed E-state index contributed by atoms with van der Waals surface area (Å²) >= 11 is 0. The van der Waals surface area contributed by atoms with E-state index in [2.05, 4.69) is 27.1 Å². The van der Waals surface area contributed by atoms with Crippen molar-refractivity contribution in [2.24, 2.45) is 0 Å². The molecule has 0 aliphatic carbocycles. The van der Waals surface area contributed by atoms with E-state index in [1.807, 2.05) is 18.2 Å². The van der Waals surface area contributed by atoms with Crippen molar-refractivity contribution in [1.82, 2.24) is 24.6 Å². The lowest BCUT2D eigenvalue weighted by atomic mass is 10.1. The molecule has 4 rings (SSSR count). The molecule has 3 aromatic rings. The van der Waals surface area contributed by atoms with Gasteiger partial charge in [-0.2, -0.15) is 5.10 Å². The van der Waals surface area contributed by atoms with Gasteiger partial charge in [0, 0.05) is 65.2 Å². The number of carbonyl (C=O) groups is 2. The molecule has 196 valence electrons. The first-order valence-corrected chi connectivity index (χ1v) is 12.5. The largest absolute Gasteiger partial charge is 0.337 e. The summed E-state index contributed by atoms with van der Waals surface area (Å²) in [6.45, 7) is 4.84. The number of fused-ring (bicyclic) bond motifs is 1. The van der Waals surface area contributed by atoms with Gasteiger partial charge in [-0.3, -0.25) is 19.2 Å². The summed E-state index contributed by atoms with van der Waals surface area (Å²) in [6.07, 6.45) is 4.53. The molecule has 0 bridgehead atoms. The molecule has 8 nitrogen and oxygen atoms in total. The molecule has 2 heterocycles. The van der Waals surface area contributed by atoms with Gasteiger partial charge in [0.05, 0.1) is 5.69 Å². The fourth-order valence-electron chi connectivity index (χ4n) is 4.63. The molecule has 2 amide bonds. The van der Waals surface area contributed by atoms with E-state index < -0.39 is 11.6 Å². The highest BCUT2D eigenvalue weighted by Crippen LogP contribution is 2.27. The number of hydrogen-bond acceptors (Lipinski definition) is 5. The van der Waals surface area contributed by atoms with Gasteiger partial charge in [-0.15, -0.1) is 0 Å². The van der Waals surface area contributed by atoms with Gasteiger partial charge in [-0.1, -0.05) is 30.3 Å². The lowest BCUT2D eigenvalue weighted by Crippen LogP contribution is -2.38. The van der Waals surface area contributed by atoms with Crippen LogP contribution in [0.2, 0.25) is 0 Å². The highest BCUT2D eigenvalue weighted by atomic mass is 19.2. The van der Waals surface area contributed by atoms with E-state index in [4.69, 9.17) is 0 Å². The summed E-state index contributed by atoms with van der Waals surface area (Å²) in [5.41, 5.74) is 1.87. The van der Waals surface area contributed by atoms with Gasteiger partial charge in [0.25, 0.3) is 0 Å². The Balaban J connectivity index is 1.59. The Labute approximate surface area is 215 Å². The maximum absolute atomic E-state index is 14.3. The second kappa shape index (κ2) is 12.5. The van der Waals surface area contributed by atoms with Crippen LogP contribution in [0.15, 0.2) is 55.1 Å². The number of benzene rings is 2. The van der Waals surface area contributed by atoms with Crippen LogP contribution in [-0.4, -0.2) is 62.6 Å². The summed E-state index contributed by atoms with van der Waals surface area (Å²) < 4.78 is 30.3. The zero-order valence-corrected chi connectivity index (χ0v) is 21.0. The minimum Gasteiger partial charge on any atom is -0.337 e. The van der Waals surface area contributed by atoms with Crippen LogP contribution in [0, 0.1) is 11.6 Å². The molecule has 1 aliphatic heterocycles. The van der Waals surface area contributed by atoms with Gasteiger partial charge in [-0.05, 0) is 30.0 Å². The first-order chi connectivity index (χ1) is 17.9. The molecule has 10 heteroatoms. The number of halogens is 2. The molecule has 0 atom stereocenters. The summed E-state index contributed by atoms with van der Waals surface area (Å²) in [4.78, 5) is 35.2. The molecule has 37 heavy (non-hydrogen) atoms. The van der Waals surface area contributed by atoms with Crippen LogP contribution in [-0.2, 0) is 29.2 Å². The third kappa shape index (κ3) is 7.19. The topological polar surface area (TPSA) is 74.6 Å². The lowest BCUT2D eigenvalue weighted by Gasteiger charge is -2.28. The third-order valence-electron chi connectivity index (χ3n) is 6.54. The zero-order valence-electron chi connectivity index (χ0n) is 21.0. The Kier molecular flexibility index (Phi) is 8.95. The average molecular weight is 511 g/mol. The van der Waals surface area contributed by atoms with Crippen molar-refractivity contribution in [1.29, 1.82) is 0 Å². The first-order valence-electron chi connectivity index (χ1n) is 12.5. The number of nitrogens with zero attached hydrogens (tertiary/aromatic N) is 6. The number of carbonyl (C=O) groups excluding carboxylic acids is 2. The number of amides is 2. The van der Waals surface area contributed by atoms with Gasteiger partial charge < -0.3 is 9.80 Å². The summed E-state index contributed by atoms with van der Waals surface area (Å²) in [6, 6.07) is 12.2. The van der Waals surface area contributed by atoms with E-state index in [9.17, 15) is 18.4 Å². The molecular formula is C27H32F2N6O2. The van der Waals surface area contributed by atoms with Crippen LogP contribution in [0.4, 0.5) is 14.5 Å². The highest BCUT2D eigenvalue weighted by Gasteiger charge is 2.24. The molecule has 0 spiro atoms. The molecule has 1 aromatic heterocycles. The molecule has 0 fully saturated rings. The Morgan fingerprint density at radius 2 is 1.78 bits per heavy atom. The summed E-state index contributed by atoms with van der Waals surface area (Å²) in [5, 5.41) is 4.07. The number of anilines is 1. The Bertz CT molecular complexity index is 1190. The Hall–Kier alpha value is -3.66. The molecule has 0 N–H and O–H groups in total. The number of aryl methyl sites for hydroxylation is 1. The quantitative estimate of drug-likeness (QED) is 0.507. The predicted octanol–water partition coefficient (Wildman–Crippen LogP) is 3.62. The van der Waals surface area contributed by atoms with E-state index in [1.165, 1.54) is 18.2 Å². The molecule has 0 radical (unpaired) electrons. The highest BCUT2D eigenvalue weighted by molar-refractivity contribution is 5.92. The van der Waals surface area contributed by atoms with Crippen molar-refractivity contribution in [3.63, 3.8) is 0 Å². The van der Waals surface area contributed by atoms with Crippen LogP contribution in [0.25, 0.3) is 0 Å². The van der Waals surface area contributed by atoms with Gasteiger partial charge >= 0.3 is 0 Å². The van der Waals surface area contributed by atoms with E-state index in [-0.39, 0.29) is 24.8 Å². The van der Waals surface area contributed by atoms with Crippen molar-refractivity contribution in [3.05, 3.63) is 77.9 Å². The number of rotatable bonds is 6. The van der Waals surface area contributed by atoms with Crippen molar-refractivity contribution in [3.8, 4) is 0 Å². The predicted molar refractivity (Wildman–Crippen MR) is 135 cm³/mol. The van der Waals surface area contributed by atoms with Crippen molar-refractivity contribution in [2.45, 2.75) is 45.8 Å². The fourth-order valence-corrected chi connectivity index (χ4v) is 4.63. The molecule has 0 unspecified atom stereocenters. The molecule has 2 aromatic carbocycles. The van der Waals surface area contributed by atoms with E-state index in [0.717, 1.165) is 17.7 Å². The van der Waals surface area contributed by atoms with Crippen LogP contribution in [0.5, 0.6) is 0 Å². The zero-order chi connectivity index (χ0) is 26.2. The Morgan fingerprint density at radius 1 is 1.00 bits per heavy atom. The minimum atomic E-state index is -1.02. The third-order valence-corrected chi connectivity index (χ3v) is 6.54. The van der Waals surface area contributed by atoms with Gasteiger partial charge in [-0.25, -0.2) is 13.8 Å². The second-order valence-corrected chi connectivity index (χ2v) is 9.26. The smallest absolute Gasteiger partial charge is 0.223 e. The van der Waals surface area contributed by atoms with Crippen LogP contribution >= 0.6 is 0 Å². The van der Waals surface area contributed by atoms with Crippen LogP contribution in [0.1, 0.15) is 37.3 Å². The number of aromatic nitrogens is 3. The van der Waals surface area contributed by atoms with E-state index in [1.54, 1.807) is 15.9 Å². The van der Waals surface area contributed by atoms with Crippen molar-refractivity contribution >= 4 is 17.5 Å². The maximum atomic E-state index is 14.3. The normalized spacial score (nSPS) is 15.2. The van der Waals surface area contributed by atoms with E-state index >= 15 is 0 Å². The van der Waals surface area contributed by atoms with Gasteiger partial charge in [0.2, 0.25) is 11.8 Å². The van der Waals surface area contributed by atoms with E-state index in [0.29, 0.717) is 63.4 Å². The minimum absolute atomic E-state index is 0.0810. The lowest BCUT2D eigenvalue weighted by molar-refractivity contribution is -0.132. The van der Waals surface area contributed by atoms with Gasteiger partial charge in [0.1, 0.15) is 12.7 Å². The first kappa shape index (κ1) is 26.4. The molecule has 0 saturated carbocycles. The Morgan fingerprint density at radius 3 is 2.51 bits per heavy atom.